The molecule has 5 heteroatoms. The van der Waals surface area contributed by atoms with Gasteiger partial charge in [0.25, 0.3) is 0 Å². The van der Waals surface area contributed by atoms with Gasteiger partial charge in [-0.05, 0) is 43.2 Å². The van der Waals surface area contributed by atoms with Crippen LogP contribution < -0.4 is 5.73 Å². The number of nitrogens with two attached hydrogens (primary N) is 1. The van der Waals surface area contributed by atoms with Gasteiger partial charge in [-0.3, -0.25) is 4.57 Å². The molecule has 0 amide bonds. The number of anilines is 1. The predicted molar refractivity (Wildman–Crippen MR) is 79.9 cm³/mol. The van der Waals surface area contributed by atoms with Crippen LogP contribution in [-0.4, -0.2) is 9.55 Å². The van der Waals surface area contributed by atoms with E-state index in [1.807, 2.05) is 25.1 Å². The second-order valence-corrected chi connectivity index (χ2v) is 5.26. The summed E-state index contributed by atoms with van der Waals surface area (Å²) in [6.45, 7) is 3.68. The maximum Gasteiger partial charge on any atom is 0.205 e. The van der Waals surface area contributed by atoms with Crippen molar-refractivity contribution in [3.8, 4) is 5.69 Å². The minimum Gasteiger partial charge on any atom is -0.369 e. The van der Waals surface area contributed by atoms with E-state index in [-0.39, 0.29) is 11.8 Å². The van der Waals surface area contributed by atoms with Gasteiger partial charge in [0.2, 0.25) is 5.95 Å². The van der Waals surface area contributed by atoms with Crippen LogP contribution in [-0.2, 0) is 0 Å². The zero-order chi connectivity index (χ0) is 14.4. The van der Waals surface area contributed by atoms with Crippen LogP contribution in [0.15, 0.2) is 30.3 Å². The number of hydrogen-bond donors (Lipinski definition) is 1. The first-order valence-corrected chi connectivity index (χ1v) is 6.56. The average molecular weight is 290 g/mol. The van der Waals surface area contributed by atoms with Crippen molar-refractivity contribution in [3.63, 3.8) is 0 Å². The van der Waals surface area contributed by atoms with E-state index < -0.39 is 0 Å². The molecule has 0 radical (unpaired) electrons. The van der Waals surface area contributed by atoms with E-state index in [4.69, 9.17) is 17.3 Å². The Kier molecular flexibility index (Phi) is 2.91. The number of fused-ring (bicyclic) bond motifs is 1. The lowest BCUT2D eigenvalue weighted by molar-refractivity contribution is 0.620. The normalized spacial score (nSPS) is 11.2. The number of aryl methyl sites for hydroxylation is 2. The molecule has 0 bridgehead atoms. The summed E-state index contributed by atoms with van der Waals surface area (Å²) in [7, 11) is 0. The lowest BCUT2D eigenvalue weighted by Gasteiger charge is -2.10. The van der Waals surface area contributed by atoms with E-state index in [0.29, 0.717) is 16.1 Å². The van der Waals surface area contributed by atoms with Crippen LogP contribution in [0.3, 0.4) is 0 Å². The molecule has 0 aliphatic heterocycles. The third-order valence-electron chi connectivity index (χ3n) is 3.30. The minimum atomic E-state index is -0.294. The van der Waals surface area contributed by atoms with Crippen LogP contribution >= 0.6 is 11.6 Å². The van der Waals surface area contributed by atoms with E-state index >= 15 is 0 Å². The molecule has 2 aromatic carbocycles. The molecule has 0 aliphatic rings. The number of rotatable bonds is 1. The Balaban J connectivity index is 2.38. The number of benzene rings is 2. The first-order chi connectivity index (χ1) is 9.47. The average Bonchev–Trinajstić information content (AvgIpc) is 2.69. The van der Waals surface area contributed by atoms with Crippen molar-refractivity contribution >= 4 is 28.6 Å². The van der Waals surface area contributed by atoms with Gasteiger partial charge in [0.05, 0.1) is 21.7 Å². The van der Waals surface area contributed by atoms with Gasteiger partial charge in [0, 0.05) is 6.07 Å². The highest BCUT2D eigenvalue weighted by Crippen LogP contribution is 2.30. The number of nitrogens with zero attached hydrogens (tertiary/aromatic N) is 2. The molecule has 20 heavy (non-hydrogen) atoms. The van der Waals surface area contributed by atoms with Crippen LogP contribution in [0.5, 0.6) is 0 Å². The van der Waals surface area contributed by atoms with E-state index in [2.05, 4.69) is 4.98 Å². The number of hydrogen-bond acceptors (Lipinski definition) is 2. The van der Waals surface area contributed by atoms with Crippen LogP contribution in [0, 0.1) is 19.7 Å². The van der Waals surface area contributed by atoms with Gasteiger partial charge in [0.1, 0.15) is 5.82 Å². The van der Waals surface area contributed by atoms with Crippen LogP contribution in [0.1, 0.15) is 11.1 Å². The smallest absolute Gasteiger partial charge is 0.205 e. The monoisotopic (exact) mass is 289 g/mol. The van der Waals surface area contributed by atoms with Gasteiger partial charge in [-0.25, -0.2) is 9.37 Å². The largest absolute Gasteiger partial charge is 0.369 e. The third-order valence-corrected chi connectivity index (χ3v) is 3.62. The number of nitrogen functional groups attached to an aromatic ring is 1. The Morgan fingerprint density at radius 2 is 1.95 bits per heavy atom. The highest BCUT2D eigenvalue weighted by molar-refractivity contribution is 6.32. The minimum absolute atomic E-state index is 0.289. The second-order valence-electron chi connectivity index (χ2n) is 4.85. The Bertz CT molecular complexity index is 824. The standard InChI is InChI=1S/C15H13ClFN3/c1-8-3-4-10(16)13(5-8)20-14-6-9(2)11(17)7-12(14)19-15(20)18/h3-7H,1-2H3,(H2,18,19). The van der Waals surface area contributed by atoms with E-state index in [9.17, 15) is 4.39 Å². The van der Waals surface area contributed by atoms with Crippen molar-refractivity contribution in [3.05, 3.63) is 52.3 Å². The molecule has 3 rings (SSSR count). The lowest BCUT2D eigenvalue weighted by Crippen LogP contribution is -2.01. The fraction of sp³-hybridized carbons (Fsp3) is 0.133. The molecule has 0 saturated heterocycles. The van der Waals surface area contributed by atoms with Crippen molar-refractivity contribution in [1.29, 1.82) is 0 Å². The molecule has 102 valence electrons. The topological polar surface area (TPSA) is 43.8 Å². The molecular weight excluding hydrogens is 277 g/mol. The lowest BCUT2D eigenvalue weighted by atomic mass is 10.2. The Hall–Kier alpha value is -2.07. The zero-order valence-corrected chi connectivity index (χ0v) is 11.9. The van der Waals surface area contributed by atoms with Gasteiger partial charge in [0.15, 0.2) is 0 Å². The SMILES string of the molecule is Cc1ccc(Cl)c(-n2c(N)nc3cc(F)c(C)cc32)c1. The summed E-state index contributed by atoms with van der Waals surface area (Å²) in [5.41, 5.74) is 9.59. The first-order valence-electron chi connectivity index (χ1n) is 6.18. The van der Waals surface area contributed by atoms with Gasteiger partial charge in [-0.2, -0.15) is 0 Å². The third kappa shape index (κ3) is 1.93. The van der Waals surface area contributed by atoms with E-state index in [1.165, 1.54) is 6.07 Å². The molecule has 0 fully saturated rings. The molecule has 3 aromatic rings. The summed E-state index contributed by atoms with van der Waals surface area (Å²) >= 11 is 6.25. The Labute approximate surface area is 120 Å². The number of aromatic nitrogens is 2. The van der Waals surface area contributed by atoms with Crippen molar-refractivity contribution in [1.82, 2.24) is 9.55 Å². The zero-order valence-electron chi connectivity index (χ0n) is 11.1. The summed E-state index contributed by atoms with van der Waals surface area (Å²) in [5.74, 6) is -0.00464. The van der Waals surface area contributed by atoms with Crippen LogP contribution in [0.25, 0.3) is 16.7 Å². The molecule has 2 N–H and O–H groups in total. The van der Waals surface area contributed by atoms with E-state index in [1.54, 1.807) is 17.6 Å². The van der Waals surface area contributed by atoms with Crippen molar-refractivity contribution < 1.29 is 4.39 Å². The van der Waals surface area contributed by atoms with Crippen molar-refractivity contribution in [2.75, 3.05) is 5.73 Å². The summed E-state index contributed by atoms with van der Waals surface area (Å²) in [6, 6.07) is 8.78. The molecular formula is C15H13ClFN3. The molecule has 0 atom stereocenters. The molecule has 0 saturated carbocycles. The van der Waals surface area contributed by atoms with Gasteiger partial charge < -0.3 is 5.73 Å². The molecule has 3 nitrogen and oxygen atoms in total. The van der Waals surface area contributed by atoms with Crippen LogP contribution in [0.2, 0.25) is 5.02 Å². The van der Waals surface area contributed by atoms with Crippen LogP contribution in [0.4, 0.5) is 10.3 Å². The maximum atomic E-state index is 13.6. The van der Waals surface area contributed by atoms with Crippen molar-refractivity contribution in [2.24, 2.45) is 0 Å². The van der Waals surface area contributed by atoms with E-state index in [0.717, 1.165) is 16.8 Å². The van der Waals surface area contributed by atoms with Gasteiger partial charge in [-0.15, -0.1) is 0 Å². The van der Waals surface area contributed by atoms with Gasteiger partial charge >= 0.3 is 0 Å². The molecule has 1 aromatic heterocycles. The fourth-order valence-corrected chi connectivity index (χ4v) is 2.47. The second kappa shape index (κ2) is 4.49. The quantitative estimate of drug-likeness (QED) is 0.735. The Morgan fingerprint density at radius 3 is 2.70 bits per heavy atom. The maximum absolute atomic E-state index is 13.6. The fourth-order valence-electron chi connectivity index (χ4n) is 2.27. The summed E-state index contributed by atoms with van der Waals surface area (Å²) in [5, 5.41) is 0.573. The molecule has 1 heterocycles. The Morgan fingerprint density at radius 1 is 1.20 bits per heavy atom. The van der Waals surface area contributed by atoms with Crippen molar-refractivity contribution in [2.45, 2.75) is 13.8 Å². The van der Waals surface area contributed by atoms with Gasteiger partial charge in [-0.1, -0.05) is 17.7 Å². The predicted octanol–water partition coefficient (Wildman–Crippen LogP) is 4.02. The number of halogens is 2. The highest BCUT2D eigenvalue weighted by atomic mass is 35.5. The molecule has 0 spiro atoms. The summed E-state index contributed by atoms with van der Waals surface area (Å²) in [6.07, 6.45) is 0. The molecule has 0 aliphatic carbocycles. The number of imidazole rings is 1. The summed E-state index contributed by atoms with van der Waals surface area (Å²) < 4.78 is 15.4. The summed E-state index contributed by atoms with van der Waals surface area (Å²) in [4.78, 5) is 4.20. The highest BCUT2D eigenvalue weighted by Gasteiger charge is 2.14. The molecule has 0 unspecified atom stereocenters. The first kappa shape index (κ1) is 12.9.